The molecule has 0 radical (unpaired) electrons. The van der Waals surface area contributed by atoms with E-state index >= 15 is 0 Å². The number of nitrogens with two attached hydrogens (primary N) is 1. The minimum Gasteiger partial charge on any atom is -0.369 e. The second kappa shape index (κ2) is 6.16. The molecule has 0 aromatic heterocycles. The average molecular weight is 274 g/mol. The molecule has 0 spiro atoms. The zero-order chi connectivity index (χ0) is 13.9. The second-order valence-electron chi connectivity index (χ2n) is 6.08. The Balaban J connectivity index is 1.71. The van der Waals surface area contributed by atoms with Gasteiger partial charge in [0.25, 0.3) is 5.92 Å². The third kappa shape index (κ3) is 4.13. The zero-order valence-corrected chi connectivity index (χ0v) is 11.4. The van der Waals surface area contributed by atoms with Crippen LogP contribution >= 0.6 is 0 Å². The summed E-state index contributed by atoms with van der Waals surface area (Å²) in [4.78, 5) is 13.2. The van der Waals surface area contributed by atoms with Gasteiger partial charge in [-0.15, -0.1) is 0 Å². The SMILES string of the molecule is NC(=O)C(CCCN1CCCC(F)(F)C1)C1CCC1. The molecule has 1 heterocycles. The molecule has 1 saturated carbocycles. The van der Waals surface area contributed by atoms with E-state index in [9.17, 15) is 13.6 Å². The van der Waals surface area contributed by atoms with Crippen LogP contribution < -0.4 is 5.73 Å². The van der Waals surface area contributed by atoms with Gasteiger partial charge >= 0.3 is 0 Å². The van der Waals surface area contributed by atoms with Gasteiger partial charge in [-0.2, -0.15) is 0 Å². The predicted molar refractivity (Wildman–Crippen MR) is 69.9 cm³/mol. The first-order valence-corrected chi connectivity index (χ1v) is 7.37. The van der Waals surface area contributed by atoms with Gasteiger partial charge in [-0.3, -0.25) is 9.69 Å². The number of amides is 1. The van der Waals surface area contributed by atoms with E-state index < -0.39 is 5.92 Å². The lowest BCUT2D eigenvalue weighted by molar-refractivity contribution is -0.125. The maximum absolute atomic E-state index is 13.2. The summed E-state index contributed by atoms with van der Waals surface area (Å²) in [5.74, 6) is -2.34. The first-order valence-electron chi connectivity index (χ1n) is 7.37. The largest absolute Gasteiger partial charge is 0.369 e. The Bertz CT molecular complexity index is 319. The van der Waals surface area contributed by atoms with Gasteiger partial charge in [-0.25, -0.2) is 8.78 Å². The Labute approximate surface area is 113 Å². The number of rotatable bonds is 6. The van der Waals surface area contributed by atoms with Crippen molar-refractivity contribution in [3.63, 3.8) is 0 Å². The number of piperidine rings is 1. The number of carbonyl (C=O) groups is 1. The van der Waals surface area contributed by atoms with Crippen molar-refractivity contribution in [1.29, 1.82) is 0 Å². The van der Waals surface area contributed by atoms with Crippen LogP contribution in [-0.4, -0.2) is 36.4 Å². The maximum atomic E-state index is 13.2. The molecule has 2 rings (SSSR count). The molecule has 1 aliphatic heterocycles. The highest BCUT2D eigenvalue weighted by Gasteiger charge is 2.35. The number of carbonyl (C=O) groups excluding carboxylic acids is 1. The minimum absolute atomic E-state index is 0.00941. The van der Waals surface area contributed by atoms with Gasteiger partial charge in [0, 0.05) is 12.3 Å². The van der Waals surface area contributed by atoms with Crippen LogP contribution in [0.5, 0.6) is 0 Å². The monoisotopic (exact) mass is 274 g/mol. The van der Waals surface area contributed by atoms with Crippen molar-refractivity contribution in [3.05, 3.63) is 0 Å². The van der Waals surface area contributed by atoms with Gasteiger partial charge in [0.2, 0.25) is 5.91 Å². The molecule has 2 N–H and O–H groups in total. The Kier molecular flexibility index (Phi) is 4.76. The molecule has 2 aliphatic rings. The summed E-state index contributed by atoms with van der Waals surface area (Å²) < 4.78 is 26.5. The number of halogens is 2. The maximum Gasteiger partial charge on any atom is 0.260 e. The molecule has 5 heteroatoms. The highest BCUT2D eigenvalue weighted by molar-refractivity contribution is 5.77. The van der Waals surface area contributed by atoms with E-state index in [2.05, 4.69) is 0 Å². The van der Waals surface area contributed by atoms with E-state index in [-0.39, 0.29) is 24.8 Å². The fourth-order valence-electron chi connectivity index (χ4n) is 3.22. The lowest BCUT2D eigenvalue weighted by Crippen LogP contribution is -2.43. The van der Waals surface area contributed by atoms with Crippen molar-refractivity contribution in [2.45, 2.75) is 50.9 Å². The van der Waals surface area contributed by atoms with Crippen LogP contribution in [-0.2, 0) is 4.79 Å². The number of primary amides is 1. The van der Waals surface area contributed by atoms with Gasteiger partial charge in [0.1, 0.15) is 0 Å². The van der Waals surface area contributed by atoms with Crippen LogP contribution in [0.4, 0.5) is 8.78 Å². The number of hydrogen-bond donors (Lipinski definition) is 1. The van der Waals surface area contributed by atoms with E-state index in [4.69, 9.17) is 5.73 Å². The van der Waals surface area contributed by atoms with Crippen molar-refractivity contribution < 1.29 is 13.6 Å². The van der Waals surface area contributed by atoms with Crippen LogP contribution in [0, 0.1) is 11.8 Å². The number of likely N-dealkylation sites (tertiary alicyclic amines) is 1. The topological polar surface area (TPSA) is 46.3 Å². The summed E-state index contributed by atoms with van der Waals surface area (Å²) in [5.41, 5.74) is 5.44. The van der Waals surface area contributed by atoms with Crippen molar-refractivity contribution in [1.82, 2.24) is 4.90 Å². The molecule has 1 atom stereocenters. The van der Waals surface area contributed by atoms with Gasteiger partial charge in [0.15, 0.2) is 0 Å². The standard InChI is InChI=1S/C14H24F2N2O/c15-14(16)7-3-9-18(10-14)8-2-6-12(13(17)19)11-4-1-5-11/h11-12H,1-10H2,(H2,17,19). The lowest BCUT2D eigenvalue weighted by atomic mass is 9.74. The van der Waals surface area contributed by atoms with Crippen molar-refractivity contribution in [2.24, 2.45) is 17.6 Å². The third-order valence-corrected chi connectivity index (χ3v) is 4.55. The number of alkyl halides is 2. The summed E-state index contributed by atoms with van der Waals surface area (Å²) >= 11 is 0. The summed E-state index contributed by atoms with van der Waals surface area (Å²) in [5, 5.41) is 0. The molecule has 1 amide bonds. The van der Waals surface area contributed by atoms with E-state index in [1.54, 1.807) is 0 Å². The normalized spacial score (nSPS) is 25.8. The molecular weight excluding hydrogens is 250 g/mol. The Morgan fingerprint density at radius 1 is 1.37 bits per heavy atom. The smallest absolute Gasteiger partial charge is 0.260 e. The minimum atomic E-state index is -2.53. The molecule has 3 nitrogen and oxygen atoms in total. The van der Waals surface area contributed by atoms with Crippen molar-refractivity contribution in [2.75, 3.05) is 19.6 Å². The Morgan fingerprint density at radius 2 is 2.11 bits per heavy atom. The Hall–Kier alpha value is -0.710. The summed E-state index contributed by atoms with van der Waals surface area (Å²) in [6, 6.07) is 0. The van der Waals surface area contributed by atoms with Crippen molar-refractivity contribution >= 4 is 5.91 Å². The van der Waals surface area contributed by atoms with Crippen LogP contribution in [0.2, 0.25) is 0 Å². The summed E-state index contributed by atoms with van der Waals surface area (Å²) in [7, 11) is 0. The van der Waals surface area contributed by atoms with Gasteiger partial charge in [0.05, 0.1) is 6.54 Å². The highest BCUT2D eigenvalue weighted by Crippen LogP contribution is 2.35. The first-order chi connectivity index (χ1) is 8.98. The molecule has 110 valence electrons. The Morgan fingerprint density at radius 3 is 2.63 bits per heavy atom. The van der Waals surface area contributed by atoms with E-state index in [1.165, 1.54) is 6.42 Å². The van der Waals surface area contributed by atoms with Gasteiger partial charge < -0.3 is 5.73 Å². The quantitative estimate of drug-likeness (QED) is 0.808. The molecular formula is C14H24F2N2O. The molecule has 0 bridgehead atoms. The number of nitrogens with zero attached hydrogens (tertiary/aromatic N) is 1. The molecule has 0 aromatic carbocycles. The molecule has 1 saturated heterocycles. The molecule has 1 unspecified atom stereocenters. The van der Waals surface area contributed by atoms with Gasteiger partial charge in [-0.1, -0.05) is 6.42 Å². The molecule has 19 heavy (non-hydrogen) atoms. The lowest BCUT2D eigenvalue weighted by Gasteiger charge is -2.34. The van der Waals surface area contributed by atoms with E-state index in [1.807, 2.05) is 4.90 Å². The number of hydrogen-bond acceptors (Lipinski definition) is 2. The van der Waals surface area contributed by atoms with Gasteiger partial charge in [-0.05, 0) is 51.1 Å². The van der Waals surface area contributed by atoms with Crippen LogP contribution in [0.25, 0.3) is 0 Å². The summed E-state index contributed by atoms with van der Waals surface area (Å²) in [6.07, 6.45) is 5.49. The third-order valence-electron chi connectivity index (χ3n) is 4.55. The molecule has 0 aromatic rings. The second-order valence-corrected chi connectivity index (χ2v) is 6.08. The van der Waals surface area contributed by atoms with Crippen LogP contribution in [0.15, 0.2) is 0 Å². The highest BCUT2D eigenvalue weighted by atomic mass is 19.3. The fourth-order valence-corrected chi connectivity index (χ4v) is 3.22. The van der Waals surface area contributed by atoms with Crippen molar-refractivity contribution in [3.8, 4) is 0 Å². The average Bonchev–Trinajstić information content (AvgIpc) is 2.23. The fraction of sp³-hybridized carbons (Fsp3) is 0.929. The van der Waals surface area contributed by atoms with Crippen LogP contribution in [0.1, 0.15) is 44.9 Å². The molecule has 1 aliphatic carbocycles. The first kappa shape index (κ1) is 14.7. The van der Waals surface area contributed by atoms with E-state index in [0.717, 1.165) is 32.2 Å². The van der Waals surface area contributed by atoms with Crippen LogP contribution in [0.3, 0.4) is 0 Å². The van der Waals surface area contributed by atoms with E-state index in [0.29, 0.717) is 18.9 Å². The zero-order valence-electron chi connectivity index (χ0n) is 11.4. The predicted octanol–water partition coefficient (Wildman–Crippen LogP) is 2.40. The summed E-state index contributed by atoms with van der Waals surface area (Å²) in [6.45, 7) is 1.28. The molecule has 2 fully saturated rings.